The average Bonchev–Trinajstić information content (AvgIpc) is 3.25. The van der Waals surface area contributed by atoms with Gasteiger partial charge in [0.2, 0.25) is 5.78 Å². The molecule has 1 aliphatic rings. The molecule has 31 heavy (non-hydrogen) atoms. The molecular formula is C24H23ClN2O4. The summed E-state index contributed by atoms with van der Waals surface area (Å²) in [5, 5.41) is 11.9. The second kappa shape index (κ2) is 8.21. The maximum absolute atomic E-state index is 13.5. The molecule has 0 fully saturated rings. The van der Waals surface area contributed by atoms with E-state index in [2.05, 4.69) is 0 Å². The van der Waals surface area contributed by atoms with Gasteiger partial charge in [-0.15, -0.1) is 0 Å². The zero-order chi connectivity index (χ0) is 22.3. The number of Topliss-reactive ketones (excluding diaryl/α,β-unsaturated/α-hetero) is 1. The molecule has 0 spiro atoms. The van der Waals surface area contributed by atoms with Crippen molar-refractivity contribution in [3.05, 3.63) is 81.8 Å². The lowest BCUT2D eigenvalue weighted by molar-refractivity contribution is -0.129. The third-order valence-corrected chi connectivity index (χ3v) is 5.63. The van der Waals surface area contributed by atoms with E-state index in [0.29, 0.717) is 29.1 Å². The van der Waals surface area contributed by atoms with Gasteiger partial charge in [-0.1, -0.05) is 41.4 Å². The normalized spacial score (nSPS) is 16.7. The number of fused-ring (bicyclic) bond motifs is 1. The van der Waals surface area contributed by atoms with E-state index in [1.165, 1.54) is 4.90 Å². The lowest BCUT2D eigenvalue weighted by Gasteiger charge is -2.28. The van der Waals surface area contributed by atoms with Crippen molar-refractivity contribution >= 4 is 34.3 Å². The van der Waals surface area contributed by atoms with Crippen LogP contribution in [0.4, 0.5) is 0 Å². The first kappa shape index (κ1) is 21.2. The van der Waals surface area contributed by atoms with Crippen LogP contribution in [0.1, 0.15) is 27.7 Å². The Kier molecular flexibility index (Phi) is 5.60. The Hall–Kier alpha value is -3.09. The Balaban J connectivity index is 1.80. The number of aliphatic hydroxyl groups excluding tert-OH is 1. The highest BCUT2D eigenvalue weighted by atomic mass is 35.5. The van der Waals surface area contributed by atoms with Crippen LogP contribution in [0, 0.1) is 6.92 Å². The molecule has 1 N–H and O–H groups in total. The Labute approximate surface area is 185 Å². The fraction of sp³-hybridized carbons (Fsp3) is 0.250. The van der Waals surface area contributed by atoms with Crippen molar-refractivity contribution in [3.63, 3.8) is 0 Å². The number of nitrogens with zero attached hydrogens (tertiary/aromatic N) is 2. The number of carbonyl (C=O) groups excluding carboxylic acids is 2. The topological polar surface area (TPSA) is 74.0 Å². The third-order valence-electron chi connectivity index (χ3n) is 5.40. The molecule has 0 aliphatic carbocycles. The molecule has 160 valence electrons. The Bertz CT molecular complexity index is 1210. The fourth-order valence-corrected chi connectivity index (χ4v) is 4.05. The molecule has 2 heterocycles. The maximum Gasteiger partial charge on any atom is 0.290 e. The highest BCUT2D eigenvalue weighted by Crippen LogP contribution is 2.39. The zero-order valence-electron chi connectivity index (χ0n) is 17.6. The first-order valence-corrected chi connectivity index (χ1v) is 10.3. The summed E-state index contributed by atoms with van der Waals surface area (Å²) in [6.45, 7) is 2.89. The molecule has 0 radical (unpaired) electrons. The summed E-state index contributed by atoms with van der Waals surface area (Å²) in [6, 6.07) is 13.6. The van der Waals surface area contributed by atoms with Gasteiger partial charge in [0.05, 0.1) is 11.6 Å². The van der Waals surface area contributed by atoms with E-state index in [0.717, 1.165) is 11.1 Å². The summed E-state index contributed by atoms with van der Waals surface area (Å²) < 4.78 is 5.73. The van der Waals surface area contributed by atoms with Crippen LogP contribution in [0.2, 0.25) is 5.02 Å². The van der Waals surface area contributed by atoms with Crippen LogP contribution in [0.15, 0.2) is 64.3 Å². The number of hydrogen-bond donors (Lipinski definition) is 1. The molecule has 1 unspecified atom stereocenters. The first-order chi connectivity index (χ1) is 14.8. The number of likely N-dealkylation sites (N-methyl/N-ethyl adjacent to an activating group) is 1. The fourth-order valence-electron chi connectivity index (χ4n) is 3.87. The van der Waals surface area contributed by atoms with Crippen LogP contribution in [0.3, 0.4) is 0 Å². The molecule has 4 rings (SSSR count). The summed E-state index contributed by atoms with van der Waals surface area (Å²) in [4.78, 5) is 29.9. The van der Waals surface area contributed by atoms with Gasteiger partial charge in [-0.05, 0) is 50.8 Å². The molecule has 0 saturated carbocycles. The van der Waals surface area contributed by atoms with E-state index in [-0.39, 0.29) is 11.3 Å². The standard InChI is InChI=1S/C24H23ClN2O4/c1-14-5-4-6-15(11-14)21-20(23(29)24(30)27(21)10-9-26(2)3)22(28)19-13-16-12-17(25)7-8-18(16)31-19/h4-8,11-13,21,29H,9-10H2,1-3H3. The van der Waals surface area contributed by atoms with Crippen LogP contribution in [-0.4, -0.2) is 53.8 Å². The average molecular weight is 439 g/mol. The maximum atomic E-state index is 13.5. The molecule has 3 aromatic rings. The van der Waals surface area contributed by atoms with Gasteiger partial charge in [0, 0.05) is 23.5 Å². The number of carbonyl (C=O) groups is 2. The summed E-state index contributed by atoms with van der Waals surface area (Å²) >= 11 is 6.04. The van der Waals surface area contributed by atoms with Crippen LogP contribution in [0.5, 0.6) is 0 Å². The van der Waals surface area contributed by atoms with Crippen LogP contribution in [0.25, 0.3) is 11.0 Å². The summed E-state index contributed by atoms with van der Waals surface area (Å²) in [6.07, 6.45) is 0. The molecule has 1 aromatic heterocycles. The summed E-state index contributed by atoms with van der Waals surface area (Å²) in [7, 11) is 3.81. The van der Waals surface area contributed by atoms with Crippen molar-refractivity contribution in [2.24, 2.45) is 0 Å². The van der Waals surface area contributed by atoms with Crippen LogP contribution >= 0.6 is 11.6 Å². The second-order valence-electron chi connectivity index (χ2n) is 8.00. The number of benzene rings is 2. The van der Waals surface area contributed by atoms with Crippen LogP contribution in [-0.2, 0) is 4.79 Å². The second-order valence-corrected chi connectivity index (χ2v) is 8.44. The lowest BCUT2D eigenvalue weighted by Crippen LogP contribution is -2.36. The number of hydrogen-bond acceptors (Lipinski definition) is 5. The van der Waals surface area contributed by atoms with Crippen molar-refractivity contribution in [1.29, 1.82) is 0 Å². The number of aryl methyl sites for hydroxylation is 1. The molecule has 1 atom stereocenters. The molecule has 1 amide bonds. The molecular weight excluding hydrogens is 416 g/mol. The van der Waals surface area contributed by atoms with E-state index < -0.39 is 23.5 Å². The molecule has 2 aromatic carbocycles. The highest BCUT2D eigenvalue weighted by molar-refractivity contribution is 6.31. The Morgan fingerprint density at radius 3 is 2.68 bits per heavy atom. The molecule has 1 aliphatic heterocycles. The minimum Gasteiger partial charge on any atom is -0.503 e. The van der Waals surface area contributed by atoms with Crippen LogP contribution < -0.4 is 0 Å². The molecule has 0 saturated heterocycles. The monoisotopic (exact) mass is 438 g/mol. The van der Waals surface area contributed by atoms with Crippen molar-refractivity contribution in [2.45, 2.75) is 13.0 Å². The van der Waals surface area contributed by atoms with Gasteiger partial charge >= 0.3 is 0 Å². The minimum atomic E-state index is -0.698. The van der Waals surface area contributed by atoms with Gasteiger partial charge in [0.25, 0.3) is 5.91 Å². The van der Waals surface area contributed by atoms with Crippen molar-refractivity contribution in [2.75, 3.05) is 27.2 Å². The van der Waals surface area contributed by atoms with E-state index in [9.17, 15) is 14.7 Å². The van der Waals surface area contributed by atoms with Gasteiger partial charge in [0.1, 0.15) is 5.58 Å². The predicted molar refractivity (Wildman–Crippen MR) is 119 cm³/mol. The summed E-state index contributed by atoms with van der Waals surface area (Å²) in [5.41, 5.74) is 2.29. The zero-order valence-corrected chi connectivity index (χ0v) is 18.3. The van der Waals surface area contributed by atoms with Crippen molar-refractivity contribution in [3.8, 4) is 0 Å². The Morgan fingerprint density at radius 1 is 1.19 bits per heavy atom. The van der Waals surface area contributed by atoms with Crippen molar-refractivity contribution < 1.29 is 19.1 Å². The number of halogens is 1. The van der Waals surface area contributed by atoms with Gasteiger partial charge < -0.3 is 19.3 Å². The van der Waals surface area contributed by atoms with E-state index >= 15 is 0 Å². The van der Waals surface area contributed by atoms with E-state index in [1.54, 1.807) is 24.3 Å². The van der Waals surface area contributed by atoms with Gasteiger partial charge in [-0.2, -0.15) is 0 Å². The quantitative estimate of drug-likeness (QED) is 0.572. The number of ketones is 1. The van der Waals surface area contributed by atoms with Crippen molar-refractivity contribution in [1.82, 2.24) is 9.80 Å². The number of furan rings is 1. The highest BCUT2D eigenvalue weighted by Gasteiger charge is 2.44. The van der Waals surface area contributed by atoms with E-state index in [1.807, 2.05) is 50.2 Å². The SMILES string of the molecule is Cc1cccc(C2C(C(=O)c3cc4cc(Cl)ccc4o3)=C(O)C(=O)N2CCN(C)C)c1. The number of aliphatic hydroxyl groups is 1. The molecule has 0 bridgehead atoms. The minimum absolute atomic E-state index is 0.0273. The third kappa shape index (κ3) is 3.96. The lowest BCUT2D eigenvalue weighted by atomic mass is 9.94. The number of rotatable bonds is 6. The molecule has 6 nitrogen and oxygen atoms in total. The molecule has 7 heteroatoms. The van der Waals surface area contributed by atoms with Gasteiger partial charge in [0.15, 0.2) is 11.5 Å². The largest absolute Gasteiger partial charge is 0.503 e. The predicted octanol–water partition coefficient (Wildman–Crippen LogP) is 4.53. The smallest absolute Gasteiger partial charge is 0.290 e. The first-order valence-electron chi connectivity index (χ1n) is 9.95. The van der Waals surface area contributed by atoms with E-state index in [4.69, 9.17) is 16.0 Å². The Morgan fingerprint density at radius 2 is 1.97 bits per heavy atom. The number of amides is 1. The van der Waals surface area contributed by atoms with Gasteiger partial charge in [-0.25, -0.2) is 0 Å². The van der Waals surface area contributed by atoms with Gasteiger partial charge in [-0.3, -0.25) is 9.59 Å². The summed E-state index contributed by atoms with van der Waals surface area (Å²) in [5.74, 6) is -1.56.